The van der Waals surface area contributed by atoms with E-state index in [1.54, 1.807) is 12.1 Å². The molecular formula is C23H24F2N4O4. The quantitative estimate of drug-likeness (QED) is 0.407. The number of ether oxygens (including phenoxy) is 3. The predicted molar refractivity (Wildman–Crippen MR) is 120 cm³/mol. The van der Waals surface area contributed by atoms with E-state index in [2.05, 4.69) is 20.4 Å². The van der Waals surface area contributed by atoms with Crippen LogP contribution in [0.25, 0.3) is 22.2 Å². The van der Waals surface area contributed by atoms with Gasteiger partial charge in [0.25, 0.3) is 0 Å². The number of rotatable bonds is 8. The summed E-state index contributed by atoms with van der Waals surface area (Å²) in [6.45, 7) is -1.98. The molecule has 1 amide bonds. The van der Waals surface area contributed by atoms with Gasteiger partial charge in [0.2, 0.25) is 5.91 Å². The molecule has 8 nitrogen and oxygen atoms in total. The molecule has 0 saturated heterocycles. The van der Waals surface area contributed by atoms with Crippen molar-refractivity contribution in [2.75, 3.05) is 30.9 Å². The Morgan fingerprint density at radius 3 is 2.76 bits per heavy atom. The maximum Gasteiger partial charge on any atom is 0.387 e. The normalized spacial score (nSPS) is 16.0. The molecule has 0 spiro atoms. The summed E-state index contributed by atoms with van der Waals surface area (Å²) in [5.74, 6) is 0.652. The van der Waals surface area contributed by atoms with Crippen molar-refractivity contribution in [3.63, 3.8) is 0 Å². The first-order valence-electron chi connectivity index (χ1n) is 10.7. The van der Waals surface area contributed by atoms with Crippen LogP contribution in [0.2, 0.25) is 0 Å². The Morgan fingerprint density at radius 1 is 1.24 bits per heavy atom. The molecule has 0 bridgehead atoms. The summed E-state index contributed by atoms with van der Waals surface area (Å²) >= 11 is 0. The van der Waals surface area contributed by atoms with Gasteiger partial charge in [-0.3, -0.25) is 4.79 Å². The molecule has 33 heavy (non-hydrogen) atoms. The van der Waals surface area contributed by atoms with Gasteiger partial charge in [0, 0.05) is 23.9 Å². The average molecular weight is 458 g/mol. The molecule has 174 valence electrons. The highest BCUT2D eigenvalue weighted by molar-refractivity contribution is 6.06. The zero-order valence-electron chi connectivity index (χ0n) is 17.9. The summed E-state index contributed by atoms with van der Waals surface area (Å²) in [5.41, 5.74) is 9.21. The van der Waals surface area contributed by atoms with Gasteiger partial charge >= 0.3 is 6.61 Å². The van der Waals surface area contributed by atoms with Crippen molar-refractivity contribution in [3.05, 3.63) is 30.3 Å². The van der Waals surface area contributed by atoms with Gasteiger partial charge in [0.15, 0.2) is 11.5 Å². The molecule has 1 fully saturated rings. The Balaban J connectivity index is 1.59. The molecule has 0 unspecified atom stereocenters. The number of carbonyl (C=O) groups excluding carboxylic acids is 1. The first-order valence-corrected chi connectivity index (χ1v) is 10.7. The number of alkyl halides is 2. The van der Waals surface area contributed by atoms with E-state index in [4.69, 9.17) is 15.2 Å². The maximum absolute atomic E-state index is 12.9. The topological polar surface area (TPSA) is 111 Å². The summed E-state index contributed by atoms with van der Waals surface area (Å²) in [6.07, 6.45) is 1.93. The monoisotopic (exact) mass is 458 g/mol. The number of anilines is 2. The van der Waals surface area contributed by atoms with Gasteiger partial charge in [-0.05, 0) is 43.0 Å². The van der Waals surface area contributed by atoms with Crippen molar-refractivity contribution in [1.29, 1.82) is 0 Å². The van der Waals surface area contributed by atoms with Gasteiger partial charge in [-0.2, -0.15) is 8.78 Å². The largest absolute Gasteiger partial charge is 0.493 e. The third-order valence-electron chi connectivity index (χ3n) is 5.91. The van der Waals surface area contributed by atoms with E-state index in [-0.39, 0.29) is 23.3 Å². The zero-order valence-corrected chi connectivity index (χ0v) is 17.9. The SMILES string of the molecule is COc1ccc(-c2[nH]c3cc(N[C@H](C(N)=O)C4CC4)cc4c3c2NCCO4)cc1OC(F)F. The van der Waals surface area contributed by atoms with Crippen LogP contribution in [-0.4, -0.2) is 43.8 Å². The lowest BCUT2D eigenvalue weighted by atomic mass is 10.1. The Labute approximate surface area is 188 Å². The highest BCUT2D eigenvalue weighted by atomic mass is 19.3. The molecule has 5 N–H and O–H groups in total. The fourth-order valence-electron chi connectivity index (χ4n) is 4.27. The van der Waals surface area contributed by atoms with Gasteiger partial charge in [0.05, 0.1) is 29.4 Å². The molecule has 2 aliphatic rings. The van der Waals surface area contributed by atoms with Crippen molar-refractivity contribution in [3.8, 4) is 28.5 Å². The van der Waals surface area contributed by atoms with Gasteiger partial charge < -0.3 is 35.6 Å². The number of amides is 1. The third kappa shape index (κ3) is 4.08. The summed E-state index contributed by atoms with van der Waals surface area (Å²) in [5, 5.41) is 7.45. The van der Waals surface area contributed by atoms with Crippen molar-refractivity contribution < 1.29 is 27.8 Å². The number of hydrogen-bond acceptors (Lipinski definition) is 6. The first kappa shape index (κ1) is 21.2. The van der Waals surface area contributed by atoms with E-state index in [1.165, 1.54) is 13.2 Å². The van der Waals surface area contributed by atoms with Crippen LogP contribution in [0.1, 0.15) is 12.8 Å². The third-order valence-corrected chi connectivity index (χ3v) is 5.91. The first-order chi connectivity index (χ1) is 15.9. The standard InChI is InChI=1S/C23H24F2N4O4/c1-31-15-5-4-12(8-16(15)33-23(24)25)19-21-18-14(29-19)9-13(10-17(18)32-7-6-27-21)28-20(22(26)30)11-2-3-11/h4-5,8-11,20,23,27-29H,2-3,6-7H2,1H3,(H2,26,30)/t20-/m0/s1. The summed E-state index contributed by atoms with van der Waals surface area (Å²) < 4.78 is 41.6. The number of aromatic nitrogens is 1. The van der Waals surface area contributed by atoms with Gasteiger partial charge in [-0.1, -0.05) is 0 Å². The highest BCUT2D eigenvalue weighted by Gasteiger charge is 2.35. The van der Waals surface area contributed by atoms with E-state index in [9.17, 15) is 13.6 Å². The molecule has 1 aliphatic carbocycles. The van der Waals surface area contributed by atoms with Crippen LogP contribution in [0, 0.1) is 5.92 Å². The lowest BCUT2D eigenvalue weighted by Crippen LogP contribution is -2.37. The molecule has 2 heterocycles. The van der Waals surface area contributed by atoms with E-state index in [1.807, 2.05) is 12.1 Å². The van der Waals surface area contributed by atoms with Crippen LogP contribution in [0.15, 0.2) is 30.3 Å². The molecule has 1 aliphatic heterocycles. The molecule has 1 atom stereocenters. The van der Waals surface area contributed by atoms with Gasteiger partial charge in [-0.25, -0.2) is 0 Å². The van der Waals surface area contributed by atoms with Crippen LogP contribution in [0.4, 0.5) is 20.2 Å². The Morgan fingerprint density at radius 2 is 2.06 bits per heavy atom. The predicted octanol–water partition coefficient (Wildman–Crippen LogP) is 3.93. The number of carbonyl (C=O) groups is 1. The number of benzene rings is 2. The molecule has 5 rings (SSSR count). The Kier molecular flexibility index (Phi) is 5.35. The molecular weight excluding hydrogens is 434 g/mol. The second kappa shape index (κ2) is 8.34. The fraction of sp³-hybridized carbons (Fsp3) is 0.348. The minimum absolute atomic E-state index is 0.0583. The molecule has 1 aromatic heterocycles. The van der Waals surface area contributed by atoms with Gasteiger partial charge in [0.1, 0.15) is 18.4 Å². The van der Waals surface area contributed by atoms with E-state index in [0.29, 0.717) is 35.8 Å². The number of primary amides is 1. The Bertz CT molecular complexity index is 1210. The second-order valence-corrected chi connectivity index (χ2v) is 8.15. The van der Waals surface area contributed by atoms with Crippen LogP contribution in [0.5, 0.6) is 17.2 Å². The van der Waals surface area contributed by atoms with Crippen molar-refractivity contribution in [1.82, 2.24) is 4.98 Å². The smallest absolute Gasteiger partial charge is 0.387 e. The summed E-state index contributed by atoms with van der Waals surface area (Å²) in [4.78, 5) is 15.3. The number of halogens is 2. The van der Waals surface area contributed by atoms with E-state index >= 15 is 0 Å². The van der Waals surface area contributed by atoms with Crippen molar-refractivity contribution in [2.45, 2.75) is 25.5 Å². The number of nitrogens with two attached hydrogens (primary N) is 1. The molecule has 3 aromatic rings. The van der Waals surface area contributed by atoms with Gasteiger partial charge in [-0.15, -0.1) is 0 Å². The lowest BCUT2D eigenvalue weighted by Gasteiger charge is -2.17. The van der Waals surface area contributed by atoms with Crippen molar-refractivity contribution >= 4 is 28.2 Å². The van der Waals surface area contributed by atoms with Crippen molar-refractivity contribution in [2.24, 2.45) is 11.7 Å². The molecule has 1 saturated carbocycles. The maximum atomic E-state index is 12.9. The molecule has 10 heteroatoms. The van der Waals surface area contributed by atoms with Crippen LogP contribution >= 0.6 is 0 Å². The zero-order chi connectivity index (χ0) is 23.1. The number of H-pyrrole nitrogens is 1. The number of hydrogen-bond donors (Lipinski definition) is 4. The lowest BCUT2D eigenvalue weighted by molar-refractivity contribution is -0.119. The minimum atomic E-state index is -2.98. The molecule has 2 aromatic carbocycles. The average Bonchev–Trinajstić information content (AvgIpc) is 3.57. The van der Waals surface area contributed by atoms with Crippen LogP contribution in [0.3, 0.4) is 0 Å². The Hall–Kier alpha value is -3.69. The number of methoxy groups -OCH3 is 1. The van der Waals surface area contributed by atoms with E-state index < -0.39 is 12.7 Å². The summed E-state index contributed by atoms with van der Waals surface area (Å²) in [7, 11) is 1.39. The number of nitrogens with one attached hydrogen (secondary N) is 3. The van der Waals surface area contributed by atoms with Crippen LogP contribution < -0.4 is 30.6 Å². The summed E-state index contributed by atoms with van der Waals surface area (Å²) in [6, 6.07) is 8.16. The fourth-order valence-corrected chi connectivity index (χ4v) is 4.27. The number of aromatic amines is 1. The van der Waals surface area contributed by atoms with E-state index in [0.717, 1.165) is 29.4 Å². The molecule has 0 radical (unpaired) electrons. The minimum Gasteiger partial charge on any atom is -0.493 e. The second-order valence-electron chi connectivity index (χ2n) is 8.15. The van der Waals surface area contributed by atoms with Crippen LogP contribution in [-0.2, 0) is 4.79 Å². The highest BCUT2D eigenvalue weighted by Crippen LogP contribution is 2.45.